The van der Waals surface area contributed by atoms with E-state index in [9.17, 15) is 9.59 Å². The first-order valence-corrected chi connectivity index (χ1v) is 10.2. The Morgan fingerprint density at radius 3 is 2.31 bits per heavy atom. The molecule has 0 radical (unpaired) electrons. The Morgan fingerprint density at radius 1 is 1.04 bits per heavy atom. The van der Waals surface area contributed by atoms with Crippen molar-refractivity contribution in [2.24, 2.45) is 5.92 Å². The van der Waals surface area contributed by atoms with Gasteiger partial charge in [-0.1, -0.05) is 38.1 Å². The van der Waals surface area contributed by atoms with Crippen molar-refractivity contribution in [1.82, 2.24) is 9.80 Å². The molecule has 4 nitrogen and oxygen atoms in total. The summed E-state index contributed by atoms with van der Waals surface area (Å²) in [7, 11) is 0. The number of carbonyl (C=O) groups excluding carboxylic acids is 2. The van der Waals surface area contributed by atoms with Gasteiger partial charge in [-0.2, -0.15) is 0 Å². The normalized spacial score (nSPS) is 19.3. The van der Waals surface area contributed by atoms with Gasteiger partial charge in [0.2, 0.25) is 11.8 Å². The van der Waals surface area contributed by atoms with Crippen LogP contribution in [0.2, 0.25) is 0 Å². The second-order valence-electron chi connectivity index (χ2n) is 8.25. The predicted molar refractivity (Wildman–Crippen MR) is 104 cm³/mol. The molecule has 0 saturated carbocycles. The number of piperidine rings is 2. The molecule has 26 heavy (non-hydrogen) atoms. The molecule has 2 heterocycles. The maximum atomic E-state index is 12.6. The summed E-state index contributed by atoms with van der Waals surface area (Å²) in [6.45, 7) is 6.90. The van der Waals surface area contributed by atoms with Gasteiger partial charge in [-0.25, -0.2) is 0 Å². The Bertz CT molecular complexity index is 616. The minimum absolute atomic E-state index is 0.213. The third-order valence-electron chi connectivity index (χ3n) is 5.64. The molecule has 2 aliphatic heterocycles. The summed E-state index contributed by atoms with van der Waals surface area (Å²) in [5.41, 5.74) is 2.43. The van der Waals surface area contributed by atoms with Crippen molar-refractivity contribution in [1.29, 1.82) is 0 Å². The highest BCUT2D eigenvalue weighted by atomic mass is 16.2. The van der Waals surface area contributed by atoms with Crippen molar-refractivity contribution in [3.05, 3.63) is 35.4 Å². The Morgan fingerprint density at radius 2 is 1.69 bits per heavy atom. The van der Waals surface area contributed by atoms with Crippen molar-refractivity contribution in [2.45, 2.75) is 64.8 Å². The summed E-state index contributed by atoms with van der Waals surface area (Å²) >= 11 is 0. The molecule has 2 aliphatic rings. The van der Waals surface area contributed by atoms with Crippen LogP contribution in [0.4, 0.5) is 0 Å². The summed E-state index contributed by atoms with van der Waals surface area (Å²) in [4.78, 5) is 28.8. The van der Waals surface area contributed by atoms with Gasteiger partial charge in [0.05, 0.1) is 6.42 Å². The first kappa shape index (κ1) is 18.9. The van der Waals surface area contributed by atoms with Crippen molar-refractivity contribution in [3.8, 4) is 0 Å². The zero-order valence-corrected chi connectivity index (χ0v) is 16.2. The van der Waals surface area contributed by atoms with E-state index in [1.165, 1.54) is 5.56 Å². The fraction of sp³-hybridized carbons (Fsp3) is 0.636. The number of likely N-dealkylation sites (tertiary alicyclic amines) is 2. The number of hydrogen-bond donors (Lipinski definition) is 0. The average molecular weight is 357 g/mol. The van der Waals surface area contributed by atoms with E-state index in [2.05, 4.69) is 43.0 Å². The summed E-state index contributed by atoms with van der Waals surface area (Å²) in [5, 5.41) is 0. The summed E-state index contributed by atoms with van der Waals surface area (Å²) in [5.74, 6) is 1.17. The second kappa shape index (κ2) is 8.70. The molecular formula is C22H32N2O2. The molecule has 3 rings (SSSR count). The van der Waals surface area contributed by atoms with Gasteiger partial charge in [0.25, 0.3) is 0 Å². The van der Waals surface area contributed by atoms with Crippen molar-refractivity contribution in [3.63, 3.8) is 0 Å². The molecule has 142 valence electrons. The van der Waals surface area contributed by atoms with Crippen molar-refractivity contribution >= 4 is 11.8 Å². The van der Waals surface area contributed by atoms with Crippen LogP contribution in [0.1, 0.15) is 57.1 Å². The molecule has 0 unspecified atom stereocenters. The third kappa shape index (κ3) is 4.87. The lowest BCUT2D eigenvalue weighted by Crippen LogP contribution is -2.50. The van der Waals surface area contributed by atoms with E-state index in [-0.39, 0.29) is 5.91 Å². The van der Waals surface area contributed by atoms with E-state index in [4.69, 9.17) is 0 Å². The smallest absolute Gasteiger partial charge is 0.226 e. The van der Waals surface area contributed by atoms with E-state index in [0.717, 1.165) is 57.3 Å². The number of benzene rings is 1. The van der Waals surface area contributed by atoms with Crippen molar-refractivity contribution < 1.29 is 9.59 Å². The van der Waals surface area contributed by atoms with Gasteiger partial charge in [0.1, 0.15) is 0 Å². The van der Waals surface area contributed by atoms with Crippen LogP contribution in [0, 0.1) is 5.92 Å². The quantitative estimate of drug-likeness (QED) is 0.811. The summed E-state index contributed by atoms with van der Waals surface area (Å²) in [6.07, 6.45) is 6.26. The van der Waals surface area contributed by atoms with E-state index in [0.29, 0.717) is 30.7 Å². The number of amides is 2. The van der Waals surface area contributed by atoms with Crippen LogP contribution in [-0.2, 0) is 22.4 Å². The first-order chi connectivity index (χ1) is 12.5. The van der Waals surface area contributed by atoms with Crippen LogP contribution in [-0.4, -0.2) is 47.3 Å². The molecule has 0 aromatic heterocycles. The largest absolute Gasteiger partial charge is 0.342 e. The molecule has 1 aromatic carbocycles. The maximum Gasteiger partial charge on any atom is 0.226 e. The fourth-order valence-electron chi connectivity index (χ4n) is 4.19. The highest BCUT2D eigenvalue weighted by Crippen LogP contribution is 2.22. The highest BCUT2D eigenvalue weighted by molar-refractivity contribution is 5.79. The number of carbonyl (C=O) groups is 2. The standard InChI is InChI=1S/C22H32N2O2/c1-17(2)15-18-6-8-19(9-7-18)16-22(26)23-13-10-20(11-14-23)24-12-4-3-5-21(24)25/h6-9,17,20H,3-5,10-16H2,1-2H3. The minimum Gasteiger partial charge on any atom is -0.342 e. The molecule has 0 spiro atoms. The second-order valence-corrected chi connectivity index (χ2v) is 8.25. The van der Waals surface area contributed by atoms with E-state index in [1.54, 1.807) is 0 Å². The van der Waals surface area contributed by atoms with Gasteiger partial charge in [0.15, 0.2) is 0 Å². The van der Waals surface area contributed by atoms with Gasteiger partial charge < -0.3 is 9.80 Å². The Balaban J connectivity index is 1.48. The SMILES string of the molecule is CC(C)Cc1ccc(CC(=O)N2CCC(N3CCCCC3=O)CC2)cc1. The Hall–Kier alpha value is -1.84. The topological polar surface area (TPSA) is 40.6 Å². The average Bonchev–Trinajstić information content (AvgIpc) is 2.63. The predicted octanol–water partition coefficient (Wildman–Crippen LogP) is 3.43. The lowest BCUT2D eigenvalue weighted by atomic mass is 9.98. The minimum atomic E-state index is 0.213. The lowest BCUT2D eigenvalue weighted by molar-refractivity contribution is -0.138. The maximum absolute atomic E-state index is 12.6. The molecule has 0 aliphatic carbocycles. The van der Waals surface area contributed by atoms with Gasteiger partial charge in [-0.15, -0.1) is 0 Å². The molecule has 4 heteroatoms. The van der Waals surface area contributed by atoms with Crippen LogP contribution in [0.3, 0.4) is 0 Å². The molecular weight excluding hydrogens is 324 g/mol. The van der Waals surface area contributed by atoms with Crippen LogP contribution >= 0.6 is 0 Å². The van der Waals surface area contributed by atoms with Crippen LogP contribution in [0.15, 0.2) is 24.3 Å². The fourth-order valence-corrected chi connectivity index (χ4v) is 4.19. The van der Waals surface area contributed by atoms with Gasteiger partial charge in [-0.05, 0) is 49.1 Å². The van der Waals surface area contributed by atoms with E-state index < -0.39 is 0 Å². The van der Waals surface area contributed by atoms with E-state index >= 15 is 0 Å². The molecule has 0 bridgehead atoms. The first-order valence-electron chi connectivity index (χ1n) is 10.2. The van der Waals surface area contributed by atoms with Crippen molar-refractivity contribution in [2.75, 3.05) is 19.6 Å². The van der Waals surface area contributed by atoms with Crippen LogP contribution in [0.25, 0.3) is 0 Å². The number of nitrogens with zero attached hydrogens (tertiary/aromatic N) is 2. The summed E-state index contributed by atoms with van der Waals surface area (Å²) in [6, 6.07) is 8.82. The number of rotatable bonds is 5. The third-order valence-corrected chi connectivity index (χ3v) is 5.64. The summed E-state index contributed by atoms with van der Waals surface area (Å²) < 4.78 is 0. The van der Waals surface area contributed by atoms with E-state index in [1.807, 2.05) is 4.90 Å². The van der Waals surface area contributed by atoms with Crippen LogP contribution < -0.4 is 0 Å². The van der Waals surface area contributed by atoms with Gasteiger partial charge in [-0.3, -0.25) is 9.59 Å². The molecule has 0 N–H and O–H groups in total. The monoisotopic (exact) mass is 356 g/mol. The highest BCUT2D eigenvalue weighted by Gasteiger charge is 2.30. The zero-order valence-electron chi connectivity index (χ0n) is 16.2. The van der Waals surface area contributed by atoms with Crippen LogP contribution in [0.5, 0.6) is 0 Å². The lowest BCUT2D eigenvalue weighted by Gasteiger charge is -2.40. The molecule has 1 aromatic rings. The number of hydrogen-bond acceptors (Lipinski definition) is 2. The molecule has 2 saturated heterocycles. The molecule has 2 fully saturated rings. The Labute approximate surface area is 157 Å². The molecule has 2 amide bonds. The Kier molecular flexibility index (Phi) is 6.33. The van der Waals surface area contributed by atoms with Gasteiger partial charge >= 0.3 is 0 Å². The molecule has 0 atom stereocenters. The zero-order chi connectivity index (χ0) is 18.5. The van der Waals surface area contributed by atoms with Gasteiger partial charge in [0, 0.05) is 32.1 Å².